The van der Waals surface area contributed by atoms with Crippen LogP contribution in [0, 0.1) is 0 Å². The maximum Gasteiger partial charge on any atom is 0.314 e. The maximum absolute atomic E-state index is 11.7. The van der Waals surface area contributed by atoms with Crippen LogP contribution in [-0.4, -0.2) is 41.3 Å². The highest BCUT2D eigenvalue weighted by molar-refractivity contribution is 7.99. The zero-order valence-electron chi connectivity index (χ0n) is 11.0. The van der Waals surface area contributed by atoms with Crippen LogP contribution in [0.4, 0.5) is 4.79 Å². The van der Waals surface area contributed by atoms with Gasteiger partial charge in [0.1, 0.15) is 0 Å². The van der Waals surface area contributed by atoms with Crippen LogP contribution in [-0.2, 0) is 0 Å². The molecule has 3 N–H and O–H groups in total. The van der Waals surface area contributed by atoms with Crippen LogP contribution in [0.25, 0.3) is 0 Å². The molecular weight excluding hydrogens is 280 g/mol. The first-order valence-corrected chi connectivity index (χ1v) is 8.48. The molecule has 19 heavy (non-hydrogen) atoms. The van der Waals surface area contributed by atoms with Crippen molar-refractivity contribution in [2.75, 3.05) is 24.6 Å². The summed E-state index contributed by atoms with van der Waals surface area (Å²) in [5.74, 6) is 1.99. The summed E-state index contributed by atoms with van der Waals surface area (Å²) in [6, 6.07) is 3.89. The van der Waals surface area contributed by atoms with Crippen LogP contribution >= 0.6 is 23.1 Å². The number of hydrogen-bond acceptors (Lipinski definition) is 4. The number of amides is 2. The second kappa shape index (κ2) is 6.63. The van der Waals surface area contributed by atoms with E-state index in [0.717, 1.165) is 12.2 Å². The van der Waals surface area contributed by atoms with Crippen molar-refractivity contribution >= 4 is 29.1 Å². The summed E-state index contributed by atoms with van der Waals surface area (Å²) in [5.41, 5.74) is -0.721. The molecular formula is C13H20N2O2S2. The molecule has 106 valence electrons. The average Bonchev–Trinajstić information content (AvgIpc) is 3.05. The minimum Gasteiger partial charge on any atom is -0.387 e. The van der Waals surface area contributed by atoms with E-state index in [0.29, 0.717) is 24.8 Å². The molecule has 0 saturated carbocycles. The molecule has 1 aromatic rings. The number of carbonyl (C=O) groups is 1. The van der Waals surface area contributed by atoms with Crippen LogP contribution in [0.2, 0.25) is 0 Å². The van der Waals surface area contributed by atoms with Gasteiger partial charge in [0.15, 0.2) is 0 Å². The molecule has 0 radical (unpaired) electrons. The molecule has 0 bridgehead atoms. The second-order valence-corrected chi connectivity index (χ2v) is 7.09. The Morgan fingerprint density at radius 3 is 3.05 bits per heavy atom. The summed E-state index contributed by atoms with van der Waals surface area (Å²) >= 11 is 3.43. The van der Waals surface area contributed by atoms with Gasteiger partial charge < -0.3 is 15.7 Å². The molecule has 0 aromatic carbocycles. The van der Waals surface area contributed by atoms with E-state index < -0.39 is 5.60 Å². The lowest BCUT2D eigenvalue weighted by atomic mass is 10.0. The predicted molar refractivity (Wildman–Crippen MR) is 81.0 cm³/mol. The van der Waals surface area contributed by atoms with E-state index >= 15 is 0 Å². The van der Waals surface area contributed by atoms with Gasteiger partial charge in [0, 0.05) is 29.6 Å². The fourth-order valence-corrected chi connectivity index (χ4v) is 4.04. The summed E-state index contributed by atoms with van der Waals surface area (Å²) < 4.78 is 0. The normalized spacial score (nSPS) is 24.1. The summed E-state index contributed by atoms with van der Waals surface area (Å²) in [6.07, 6.45) is 0.754. The van der Waals surface area contributed by atoms with Gasteiger partial charge in [0.2, 0.25) is 0 Å². The van der Waals surface area contributed by atoms with E-state index in [1.807, 2.05) is 11.4 Å². The van der Waals surface area contributed by atoms with Gasteiger partial charge in [-0.1, -0.05) is 13.0 Å². The number of rotatable bonds is 5. The Bertz CT molecular complexity index is 403. The number of nitrogens with one attached hydrogen (secondary N) is 2. The number of hydrogen-bond donors (Lipinski definition) is 3. The second-order valence-electron chi connectivity index (χ2n) is 5.01. The quantitative estimate of drug-likeness (QED) is 0.779. The standard InChI is InChI=1S/C13H20N2O2S2/c1-10(11-3-2-5-19-11)7-14-12(16)15-8-13(17)4-6-18-9-13/h2-3,5,10,17H,4,6-9H2,1H3,(H2,14,15,16)/t10-,13+/m0/s1. The van der Waals surface area contributed by atoms with Crippen LogP contribution in [0.5, 0.6) is 0 Å². The Morgan fingerprint density at radius 1 is 1.58 bits per heavy atom. The van der Waals surface area contributed by atoms with Crippen molar-refractivity contribution in [3.8, 4) is 0 Å². The smallest absolute Gasteiger partial charge is 0.314 e. The first-order chi connectivity index (χ1) is 9.09. The molecule has 6 heteroatoms. The molecule has 2 heterocycles. The van der Waals surface area contributed by atoms with Gasteiger partial charge in [-0.15, -0.1) is 11.3 Å². The third-order valence-corrected chi connectivity index (χ3v) is 5.60. The van der Waals surface area contributed by atoms with Gasteiger partial charge in [-0.25, -0.2) is 4.79 Å². The maximum atomic E-state index is 11.7. The lowest BCUT2D eigenvalue weighted by Crippen LogP contribution is -2.47. The highest BCUT2D eigenvalue weighted by Crippen LogP contribution is 2.26. The van der Waals surface area contributed by atoms with E-state index in [2.05, 4.69) is 23.6 Å². The Hall–Kier alpha value is -0.720. The molecule has 2 amide bonds. The predicted octanol–water partition coefficient (Wildman–Crippen LogP) is 2.02. The largest absolute Gasteiger partial charge is 0.387 e. The molecule has 4 nitrogen and oxygen atoms in total. The Morgan fingerprint density at radius 2 is 2.42 bits per heavy atom. The SMILES string of the molecule is C[C@@H](CNC(=O)NC[C@]1(O)CCSC1)c1cccs1. The van der Waals surface area contributed by atoms with E-state index in [1.54, 1.807) is 23.1 Å². The van der Waals surface area contributed by atoms with Crippen molar-refractivity contribution in [2.45, 2.75) is 24.9 Å². The molecule has 0 aliphatic carbocycles. The van der Waals surface area contributed by atoms with E-state index in [1.165, 1.54) is 4.88 Å². The molecule has 1 aromatic heterocycles. The van der Waals surface area contributed by atoms with Gasteiger partial charge in [-0.2, -0.15) is 11.8 Å². The fourth-order valence-electron chi connectivity index (χ4n) is 1.96. The molecule has 1 fully saturated rings. The summed E-state index contributed by atoms with van der Waals surface area (Å²) in [5, 5.41) is 17.8. The molecule has 0 spiro atoms. The van der Waals surface area contributed by atoms with Gasteiger partial charge in [0.25, 0.3) is 0 Å². The molecule has 1 aliphatic heterocycles. The van der Waals surface area contributed by atoms with Gasteiger partial charge in [-0.3, -0.25) is 0 Å². The number of thioether (sulfide) groups is 1. The topological polar surface area (TPSA) is 61.4 Å². The highest BCUT2D eigenvalue weighted by atomic mass is 32.2. The third kappa shape index (κ3) is 4.40. The summed E-state index contributed by atoms with van der Waals surface area (Å²) in [7, 11) is 0. The Balaban J connectivity index is 1.67. The van der Waals surface area contributed by atoms with Crippen LogP contribution < -0.4 is 10.6 Å². The minimum absolute atomic E-state index is 0.200. The molecule has 0 unspecified atom stereocenters. The first kappa shape index (κ1) is 14.7. The van der Waals surface area contributed by atoms with Gasteiger partial charge >= 0.3 is 6.03 Å². The average molecular weight is 300 g/mol. The molecule has 1 aliphatic rings. The number of carbonyl (C=O) groups excluding carboxylic acids is 1. The van der Waals surface area contributed by atoms with Crippen molar-refractivity contribution in [3.63, 3.8) is 0 Å². The van der Waals surface area contributed by atoms with E-state index in [9.17, 15) is 9.90 Å². The van der Waals surface area contributed by atoms with Gasteiger partial charge in [0.05, 0.1) is 5.60 Å². The van der Waals surface area contributed by atoms with Crippen LogP contribution in [0.15, 0.2) is 17.5 Å². The van der Waals surface area contributed by atoms with E-state index in [-0.39, 0.29) is 6.03 Å². The monoisotopic (exact) mass is 300 g/mol. The lowest BCUT2D eigenvalue weighted by molar-refractivity contribution is 0.0700. The number of thiophene rings is 1. The van der Waals surface area contributed by atoms with E-state index in [4.69, 9.17) is 0 Å². The number of aliphatic hydroxyl groups is 1. The van der Waals surface area contributed by atoms with Crippen molar-refractivity contribution in [1.29, 1.82) is 0 Å². The zero-order valence-corrected chi connectivity index (χ0v) is 12.6. The fraction of sp³-hybridized carbons (Fsp3) is 0.615. The first-order valence-electron chi connectivity index (χ1n) is 6.44. The summed E-state index contributed by atoms with van der Waals surface area (Å²) in [4.78, 5) is 12.9. The Kier molecular flexibility index (Phi) is 5.13. The highest BCUT2D eigenvalue weighted by Gasteiger charge is 2.31. The summed E-state index contributed by atoms with van der Waals surface area (Å²) in [6.45, 7) is 3.03. The zero-order chi connectivity index (χ0) is 13.7. The lowest BCUT2D eigenvalue weighted by Gasteiger charge is -2.22. The van der Waals surface area contributed by atoms with Crippen molar-refractivity contribution in [2.24, 2.45) is 0 Å². The minimum atomic E-state index is -0.721. The number of urea groups is 1. The molecule has 2 atom stereocenters. The van der Waals surface area contributed by atoms with Crippen LogP contribution in [0.1, 0.15) is 24.1 Å². The van der Waals surface area contributed by atoms with Crippen LogP contribution in [0.3, 0.4) is 0 Å². The Labute approximate surface area is 122 Å². The molecule has 1 saturated heterocycles. The van der Waals surface area contributed by atoms with Gasteiger partial charge in [-0.05, 0) is 23.6 Å². The molecule has 2 rings (SSSR count). The van der Waals surface area contributed by atoms with Crippen molar-refractivity contribution in [3.05, 3.63) is 22.4 Å². The van der Waals surface area contributed by atoms with Crippen molar-refractivity contribution in [1.82, 2.24) is 10.6 Å². The van der Waals surface area contributed by atoms with Crippen molar-refractivity contribution < 1.29 is 9.90 Å². The third-order valence-electron chi connectivity index (χ3n) is 3.26.